The number of piperazine rings is 1. The van der Waals surface area contributed by atoms with E-state index < -0.39 is 0 Å². The van der Waals surface area contributed by atoms with E-state index in [1.54, 1.807) is 13.4 Å². The van der Waals surface area contributed by atoms with Gasteiger partial charge in [-0.25, -0.2) is 14.8 Å². The number of fused-ring (bicyclic) bond motifs is 1. The summed E-state index contributed by atoms with van der Waals surface area (Å²) in [6.45, 7) is 6.23. The standard InChI is InChI=1S/C15H20N4O3S/c1-10-11-13(19-5-3-16-4-6-19)17-9-18-14(11)23-12(10)15(20)22-8-7-21-2/h9,16H,3-8H2,1-2H3. The zero-order valence-electron chi connectivity index (χ0n) is 13.3. The summed E-state index contributed by atoms with van der Waals surface area (Å²) in [6.07, 6.45) is 1.57. The minimum Gasteiger partial charge on any atom is -0.459 e. The highest BCUT2D eigenvalue weighted by Crippen LogP contribution is 2.35. The van der Waals surface area contributed by atoms with Gasteiger partial charge in [-0.3, -0.25) is 0 Å². The molecule has 0 saturated carbocycles. The first-order valence-corrected chi connectivity index (χ1v) is 8.40. The van der Waals surface area contributed by atoms with E-state index >= 15 is 0 Å². The highest BCUT2D eigenvalue weighted by Gasteiger charge is 2.23. The molecule has 1 aliphatic rings. The molecule has 0 spiro atoms. The largest absolute Gasteiger partial charge is 0.459 e. The Kier molecular flexibility index (Phi) is 5.04. The number of anilines is 1. The van der Waals surface area contributed by atoms with Gasteiger partial charge in [0.1, 0.15) is 28.5 Å². The predicted octanol–water partition coefficient (Wildman–Crippen LogP) is 1.21. The molecule has 2 aromatic rings. The van der Waals surface area contributed by atoms with Crippen LogP contribution >= 0.6 is 11.3 Å². The number of thiophene rings is 1. The Bertz CT molecular complexity index is 697. The predicted molar refractivity (Wildman–Crippen MR) is 89.4 cm³/mol. The average Bonchev–Trinajstić information content (AvgIpc) is 2.93. The number of nitrogens with zero attached hydrogens (tertiary/aromatic N) is 3. The number of carbonyl (C=O) groups excluding carboxylic acids is 1. The first kappa shape index (κ1) is 16.1. The summed E-state index contributed by atoms with van der Waals surface area (Å²) < 4.78 is 10.1. The first-order chi connectivity index (χ1) is 11.2. The molecule has 1 aliphatic heterocycles. The molecule has 3 rings (SSSR count). The fourth-order valence-electron chi connectivity index (χ4n) is 2.65. The summed E-state index contributed by atoms with van der Waals surface area (Å²) in [5.41, 5.74) is 0.890. The van der Waals surface area contributed by atoms with Crippen LogP contribution in [0.1, 0.15) is 15.2 Å². The second-order valence-corrected chi connectivity index (χ2v) is 6.30. The van der Waals surface area contributed by atoms with Crippen LogP contribution < -0.4 is 10.2 Å². The Morgan fingerprint density at radius 1 is 1.35 bits per heavy atom. The van der Waals surface area contributed by atoms with Crippen LogP contribution in [-0.2, 0) is 9.47 Å². The van der Waals surface area contributed by atoms with Gasteiger partial charge in [-0.05, 0) is 12.5 Å². The van der Waals surface area contributed by atoms with Gasteiger partial charge < -0.3 is 19.7 Å². The van der Waals surface area contributed by atoms with Crippen LogP contribution in [0.5, 0.6) is 0 Å². The number of methoxy groups -OCH3 is 1. The molecule has 0 bridgehead atoms. The van der Waals surface area contributed by atoms with Gasteiger partial charge in [0, 0.05) is 33.3 Å². The molecule has 0 unspecified atom stereocenters. The zero-order valence-corrected chi connectivity index (χ0v) is 14.1. The second kappa shape index (κ2) is 7.20. The van der Waals surface area contributed by atoms with Crippen molar-refractivity contribution in [2.75, 3.05) is 51.4 Å². The molecule has 0 atom stereocenters. The minimum absolute atomic E-state index is 0.249. The second-order valence-electron chi connectivity index (χ2n) is 5.30. The molecule has 2 aromatic heterocycles. The Balaban J connectivity index is 1.93. The van der Waals surface area contributed by atoms with E-state index in [9.17, 15) is 4.79 Å². The third-order valence-corrected chi connectivity index (χ3v) is 5.01. The molecule has 7 nitrogen and oxygen atoms in total. The van der Waals surface area contributed by atoms with Crippen molar-refractivity contribution in [1.82, 2.24) is 15.3 Å². The normalized spacial score (nSPS) is 15.1. The molecular weight excluding hydrogens is 316 g/mol. The van der Waals surface area contributed by atoms with Gasteiger partial charge in [-0.15, -0.1) is 11.3 Å². The van der Waals surface area contributed by atoms with Crippen molar-refractivity contribution >= 4 is 33.3 Å². The summed E-state index contributed by atoms with van der Waals surface area (Å²) in [7, 11) is 1.58. The number of hydrogen-bond acceptors (Lipinski definition) is 8. The average molecular weight is 336 g/mol. The smallest absolute Gasteiger partial charge is 0.348 e. The fraction of sp³-hybridized carbons (Fsp3) is 0.533. The van der Waals surface area contributed by atoms with Gasteiger partial charge in [0.05, 0.1) is 12.0 Å². The van der Waals surface area contributed by atoms with E-state index in [1.165, 1.54) is 11.3 Å². The molecule has 0 aromatic carbocycles. The van der Waals surface area contributed by atoms with E-state index in [2.05, 4.69) is 20.2 Å². The number of aromatic nitrogens is 2. The van der Waals surface area contributed by atoms with Gasteiger partial charge in [0.15, 0.2) is 0 Å². The molecule has 0 amide bonds. The Labute approximate surface area is 138 Å². The van der Waals surface area contributed by atoms with Gasteiger partial charge in [-0.1, -0.05) is 0 Å². The van der Waals surface area contributed by atoms with E-state index in [4.69, 9.17) is 9.47 Å². The minimum atomic E-state index is -0.325. The molecule has 1 fully saturated rings. The Hall–Kier alpha value is -1.77. The summed E-state index contributed by atoms with van der Waals surface area (Å²) in [4.78, 5) is 24.7. The molecule has 8 heteroatoms. The fourth-order valence-corrected chi connectivity index (χ4v) is 3.68. The van der Waals surface area contributed by atoms with Gasteiger partial charge in [0.25, 0.3) is 0 Å². The Morgan fingerprint density at radius 3 is 2.87 bits per heavy atom. The van der Waals surface area contributed by atoms with E-state index in [0.717, 1.165) is 47.8 Å². The van der Waals surface area contributed by atoms with Crippen molar-refractivity contribution in [2.45, 2.75) is 6.92 Å². The van der Waals surface area contributed by atoms with Crippen LogP contribution in [0.25, 0.3) is 10.2 Å². The molecule has 1 saturated heterocycles. The lowest BCUT2D eigenvalue weighted by atomic mass is 10.2. The number of esters is 1. The van der Waals surface area contributed by atoms with Crippen LogP contribution in [0.15, 0.2) is 6.33 Å². The van der Waals surface area contributed by atoms with E-state index in [0.29, 0.717) is 11.5 Å². The molecule has 0 radical (unpaired) electrons. The van der Waals surface area contributed by atoms with Crippen molar-refractivity contribution in [2.24, 2.45) is 0 Å². The van der Waals surface area contributed by atoms with Gasteiger partial charge >= 0.3 is 5.97 Å². The third-order valence-electron chi connectivity index (χ3n) is 3.83. The highest BCUT2D eigenvalue weighted by molar-refractivity contribution is 7.20. The monoisotopic (exact) mass is 336 g/mol. The molecular formula is C15H20N4O3S. The summed E-state index contributed by atoms with van der Waals surface area (Å²) >= 11 is 1.36. The quantitative estimate of drug-likeness (QED) is 0.650. The number of aryl methyl sites for hydroxylation is 1. The number of rotatable bonds is 5. The van der Waals surface area contributed by atoms with Crippen LogP contribution in [0.3, 0.4) is 0 Å². The van der Waals surface area contributed by atoms with Crippen molar-refractivity contribution in [3.05, 3.63) is 16.8 Å². The van der Waals surface area contributed by atoms with Crippen molar-refractivity contribution in [3.63, 3.8) is 0 Å². The lowest BCUT2D eigenvalue weighted by molar-refractivity contribution is 0.0393. The highest BCUT2D eigenvalue weighted by atomic mass is 32.1. The van der Waals surface area contributed by atoms with E-state index in [-0.39, 0.29) is 12.6 Å². The first-order valence-electron chi connectivity index (χ1n) is 7.58. The van der Waals surface area contributed by atoms with Crippen LogP contribution in [-0.4, -0.2) is 62.4 Å². The molecule has 124 valence electrons. The van der Waals surface area contributed by atoms with Gasteiger partial charge in [0.2, 0.25) is 0 Å². The maximum atomic E-state index is 12.3. The third kappa shape index (κ3) is 3.29. The number of ether oxygens (including phenoxy) is 2. The van der Waals surface area contributed by atoms with Gasteiger partial charge in [-0.2, -0.15) is 0 Å². The number of hydrogen-bond donors (Lipinski definition) is 1. The maximum absolute atomic E-state index is 12.3. The van der Waals surface area contributed by atoms with Crippen LogP contribution in [0.4, 0.5) is 5.82 Å². The molecule has 3 heterocycles. The van der Waals surface area contributed by atoms with Crippen molar-refractivity contribution < 1.29 is 14.3 Å². The Morgan fingerprint density at radius 2 is 2.13 bits per heavy atom. The van der Waals surface area contributed by atoms with Crippen LogP contribution in [0, 0.1) is 6.92 Å². The number of nitrogens with one attached hydrogen (secondary N) is 1. The SMILES string of the molecule is COCCOC(=O)c1sc2ncnc(N3CCNCC3)c2c1C. The molecule has 0 aliphatic carbocycles. The molecule has 23 heavy (non-hydrogen) atoms. The lowest BCUT2D eigenvalue weighted by Crippen LogP contribution is -2.44. The lowest BCUT2D eigenvalue weighted by Gasteiger charge is -2.28. The molecule has 1 N–H and O–H groups in total. The number of carbonyl (C=O) groups is 1. The summed E-state index contributed by atoms with van der Waals surface area (Å²) in [6, 6.07) is 0. The van der Waals surface area contributed by atoms with Crippen molar-refractivity contribution in [1.29, 1.82) is 0 Å². The zero-order chi connectivity index (χ0) is 16.2. The topological polar surface area (TPSA) is 76.6 Å². The summed E-state index contributed by atoms with van der Waals surface area (Å²) in [5.74, 6) is 0.579. The maximum Gasteiger partial charge on any atom is 0.348 e. The van der Waals surface area contributed by atoms with Crippen LogP contribution in [0.2, 0.25) is 0 Å². The summed E-state index contributed by atoms with van der Waals surface area (Å²) in [5, 5.41) is 4.29. The van der Waals surface area contributed by atoms with E-state index in [1.807, 2.05) is 6.92 Å². The van der Waals surface area contributed by atoms with Crippen molar-refractivity contribution in [3.8, 4) is 0 Å².